The van der Waals surface area contributed by atoms with Crippen LogP contribution in [0.1, 0.15) is 16.7 Å². The zero-order valence-electron chi connectivity index (χ0n) is 11.5. The van der Waals surface area contributed by atoms with Gasteiger partial charge in [0, 0.05) is 18.1 Å². The number of carbonyl (C=O) groups is 1. The lowest BCUT2D eigenvalue weighted by Crippen LogP contribution is -2.45. The average Bonchev–Trinajstić information content (AvgIpc) is 2.48. The van der Waals surface area contributed by atoms with Crippen LogP contribution in [-0.2, 0) is 24.3 Å². The Balaban J connectivity index is 1.89. The van der Waals surface area contributed by atoms with Crippen LogP contribution in [0.4, 0.5) is 0 Å². The number of hydrogen-bond acceptors (Lipinski definition) is 2. The van der Waals surface area contributed by atoms with Gasteiger partial charge in [0.25, 0.3) is 0 Å². The van der Waals surface area contributed by atoms with Crippen LogP contribution >= 0.6 is 11.6 Å². The Morgan fingerprint density at radius 3 is 2.52 bits per heavy atom. The van der Waals surface area contributed by atoms with Gasteiger partial charge in [-0.1, -0.05) is 54.1 Å². The Labute approximate surface area is 128 Å². The molecule has 0 saturated carbocycles. The number of benzene rings is 2. The molecule has 0 spiro atoms. The third-order valence-electron chi connectivity index (χ3n) is 3.96. The molecule has 4 heteroatoms. The molecule has 21 heavy (non-hydrogen) atoms. The second-order valence-corrected chi connectivity index (χ2v) is 5.73. The maximum atomic E-state index is 11.6. The number of carboxylic acids is 1. The van der Waals surface area contributed by atoms with Crippen LogP contribution in [0.5, 0.6) is 0 Å². The molecular weight excluding hydrogens is 286 g/mol. The van der Waals surface area contributed by atoms with Crippen LogP contribution < -0.4 is 0 Å². The zero-order valence-corrected chi connectivity index (χ0v) is 12.3. The Hall–Kier alpha value is -1.84. The highest BCUT2D eigenvalue weighted by Gasteiger charge is 2.31. The van der Waals surface area contributed by atoms with Crippen molar-refractivity contribution < 1.29 is 9.90 Å². The van der Waals surface area contributed by atoms with E-state index in [1.54, 1.807) is 0 Å². The largest absolute Gasteiger partial charge is 0.480 e. The summed E-state index contributed by atoms with van der Waals surface area (Å²) in [5.41, 5.74) is 3.28. The van der Waals surface area contributed by atoms with Gasteiger partial charge in [-0.25, -0.2) is 0 Å². The Morgan fingerprint density at radius 1 is 1.14 bits per heavy atom. The van der Waals surface area contributed by atoms with Crippen molar-refractivity contribution in [3.05, 3.63) is 70.2 Å². The highest BCUT2D eigenvalue weighted by Crippen LogP contribution is 2.26. The van der Waals surface area contributed by atoms with E-state index in [1.165, 1.54) is 5.56 Å². The van der Waals surface area contributed by atoms with Gasteiger partial charge in [-0.3, -0.25) is 9.69 Å². The van der Waals surface area contributed by atoms with Gasteiger partial charge in [0.15, 0.2) is 0 Å². The summed E-state index contributed by atoms with van der Waals surface area (Å²) in [6.07, 6.45) is 0.538. The molecule has 0 saturated heterocycles. The SMILES string of the molecule is O=C(O)C1Cc2ccccc2CN1Cc1ccccc1Cl. The summed E-state index contributed by atoms with van der Waals surface area (Å²) in [6.45, 7) is 1.18. The number of hydrogen-bond donors (Lipinski definition) is 1. The van der Waals surface area contributed by atoms with Gasteiger partial charge in [0.1, 0.15) is 6.04 Å². The lowest BCUT2D eigenvalue weighted by Gasteiger charge is -2.34. The minimum Gasteiger partial charge on any atom is -0.480 e. The molecule has 1 unspecified atom stereocenters. The van der Waals surface area contributed by atoms with Crippen molar-refractivity contribution in [1.82, 2.24) is 4.90 Å². The van der Waals surface area contributed by atoms with E-state index in [0.717, 1.165) is 11.1 Å². The second kappa shape index (κ2) is 5.88. The van der Waals surface area contributed by atoms with E-state index < -0.39 is 12.0 Å². The van der Waals surface area contributed by atoms with Crippen LogP contribution in [0.25, 0.3) is 0 Å². The summed E-state index contributed by atoms with van der Waals surface area (Å²) >= 11 is 6.20. The van der Waals surface area contributed by atoms with Gasteiger partial charge in [0.2, 0.25) is 0 Å². The standard InChI is InChI=1S/C17H16ClNO2/c18-15-8-4-3-7-14(15)11-19-10-13-6-2-1-5-12(13)9-16(19)17(20)21/h1-8,16H,9-11H2,(H,20,21). The molecule has 0 radical (unpaired) electrons. The zero-order chi connectivity index (χ0) is 14.8. The second-order valence-electron chi connectivity index (χ2n) is 5.32. The highest BCUT2D eigenvalue weighted by atomic mass is 35.5. The number of aliphatic carboxylic acids is 1. The molecule has 0 aliphatic carbocycles. The predicted molar refractivity (Wildman–Crippen MR) is 82.3 cm³/mol. The molecule has 2 aromatic carbocycles. The van der Waals surface area contributed by atoms with Gasteiger partial charge < -0.3 is 5.11 Å². The van der Waals surface area contributed by atoms with Crippen molar-refractivity contribution in [1.29, 1.82) is 0 Å². The third-order valence-corrected chi connectivity index (χ3v) is 4.33. The third kappa shape index (κ3) is 2.94. The average molecular weight is 302 g/mol. The fourth-order valence-corrected chi connectivity index (χ4v) is 3.03. The molecule has 3 rings (SSSR count). The number of nitrogens with zero attached hydrogens (tertiary/aromatic N) is 1. The van der Waals surface area contributed by atoms with Crippen LogP contribution in [0.3, 0.4) is 0 Å². The number of fused-ring (bicyclic) bond motifs is 1. The van der Waals surface area contributed by atoms with Crippen LogP contribution in [0.15, 0.2) is 48.5 Å². The normalized spacial score (nSPS) is 18.2. The number of rotatable bonds is 3. The van der Waals surface area contributed by atoms with E-state index in [2.05, 4.69) is 6.07 Å². The highest BCUT2D eigenvalue weighted by molar-refractivity contribution is 6.31. The summed E-state index contributed by atoms with van der Waals surface area (Å²) < 4.78 is 0. The van der Waals surface area contributed by atoms with Crippen LogP contribution in [-0.4, -0.2) is 22.0 Å². The topological polar surface area (TPSA) is 40.5 Å². The smallest absolute Gasteiger partial charge is 0.321 e. The molecule has 1 atom stereocenters. The molecule has 0 fully saturated rings. The van der Waals surface area contributed by atoms with Gasteiger partial charge in [-0.15, -0.1) is 0 Å². The first-order valence-electron chi connectivity index (χ1n) is 6.92. The van der Waals surface area contributed by atoms with E-state index in [0.29, 0.717) is 24.5 Å². The predicted octanol–water partition coefficient (Wildman–Crippen LogP) is 3.35. The Morgan fingerprint density at radius 2 is 1.81 bits per heavy atom. The Bertz CT molecular complexity index is 671. The molecule has 3 nitrogen and oxygen atoms in total. The van der Waals surface area contributed by atoms with E-state index in [9.17, 15) is 9.90 Å². The molecule has 2 aromatic rings. The monoisotopic (exact) mass is 301 g/mol. The van der Waals surface area contributed by atoms with Crippen molar-refractivity contribution in [2.45, 2.75) is 25.6 Å². The molecule has 0 amide bonds. The maximum Gasteiger partial charge on any atom is 0.321 e. The van der Waals surface area contributed by atoms with E-state index >= 15 is 0 Å². The lowest BCUT2D eigenvalue weighted by atomic mass is 9.93. The molecule has 1 N–H and O–H groups in total. The molecule has 1 aliphatic heterocycles. The van der Waals surface area contributed by atoms with Crippen molar-refractivity contribution in [2.24, 2.45) is 0 Å². The fraction of sp³-hybridized carbons (Fsp3) is 0.235. The van der Waals surface area contributed by atoms with E-state index in [1.807, 2.05) is 47.4 Å². The number of carboxylic acid groups (broad SMARTS) is 1. The summed E-state index contributed by atoms with van der Waals surface area (Å²) in [7, 11) is 0. The van der Waals surface area contributed by atoms with Gasteiger partial charge >= 0.3 is 5.97 Å². The van der Waals surface area contributed by atoms with E-state index in [4.69, 9.17) is 11.6 Å². The van der Waals surface area contributed by atoms with Gasteiger partial charge in [0.05, 0.1) is 0 Å². The first kappa shape index (κ1) is 14.1. The molecule has 0 aromatic heterocycles. The fourth-order valence-electron chi connectivity index (χ4n) is 2.83. The van der Waals surface area contributed by atoms with Crippen molar-refractivity contribution in [2.75, 3.05) is 0 Å². The van der Waals surface area contributed by atoms with Crippen molar-refractivity contribution in [3.63, 3.8) is 0 Å². The lowest BCUT2D eigenvalue weighted by molar-refractivity contribution is -0.144. The first-order chi connectivity index (χ1) is 10.1. The summed E-state index contributed by atoms with van der Waals surface area (Å²) in [4.78, 5) is 13.6. The van der Waals surface area contributed by atoms with Crippen molar-refractivity contribution >= 4 is 17.6 Å². The summed E-state index contributed by atoms with van der Waals surface area (Å²) in [5.74, 6) is -0.781. The van der Waals surface area contributed by atoms with Gasteiger partial charge in [-0.05, 0) is 29.2 Å². The van der Waals surface area contributed by atoms with Crippen LogP contribution in [0, 0.1) is 0 Å². The van der Waals surface area contributed by atoms with E-state index in [-0.39, 0.29) is 0 Å². The van der Waals surface area contributed by atoms with Crippen molar-refractivity contribution in [3.8, 4) is 0 Å². The molecule has 1 heterocycles. The maximum absolute atomic E-state index is 11.6. The minimum atomic E-state index is -0.781. The molecule has 108 valence electrons. The minimum absolute atomic E-state index is 0.504. The Kier molecular flexibility index (Phi) is 3.95. The quantitative estimate of drug-likeness (QED) is 0.945. The first-order valence-corrected chi connectivity index (χ1v) is 7.30. The van der Waals surface area contributed by atoms with Crippen LogP contribution in [0.2, 0.25) is 5.02 Å². The molecule has 1 aliphatic rings. The molecular formula is C17H16ClNO2. The molecule has 0 bridgehead atoms. The summed E-state index contributed by atoms with van der Waals surface area (Å²) in [5, 5.41) is 10.2. The number of halogens is 1. The summed E-state index contributed by atoms with van der Waals surface area (Å²) in [6, 6.07) is 15.1. The van der Waals surface area contributed by atoms with Gasteiger partial charge in [-0.2, -0.15) is 0 Å².